The molecule has 2 heterocycles. The minimum absolute atomic E-state index is 0.0278. The number of halogens is 1. The molecule has 3 aromatic rings. The lowest BCUT2D eigenvalue weighted by atomic mass is 9.90. The van der Waals surface area contributed by atoms with Crippen LogP contribution in [-0.4, -0.2) is 36.2 Å². The van der Waals surface area contributed by atoms with Gasteiger partial charge in [0.15, 0.2) is 11.6 Å². The van der Waals surface area contributed by atoms with Crippen molar-refractivity contribution in [2.75, 3.05) is 19.0 Å². The minimum Gasteiger partial charge on any atom is -0.377 e. The maximum Gasteiger partial charge on any atom is 0.256 e. The van der Waals surface area contributed by atoms with Crippen LogP contribution >= 0.6 is 0 Å². The first-order valence-corrected chi connectivity index (χ1v) is 11.2. The summed E-state index contributed by atoms with van der Waals surface area (Å²) in [5.41, 5.74) is 6.03. The number of H-pyrrole nitrogens is 1. The Balaban J connectivity index is 1.62. The summed E-state index contributed by atoms with van der Waals surface area (Å²) in [4.78, 5) is 41.1. The predicted molar refractivity (Wildman–Crippen MR) is 127 cm³/mol. The molecule has 34 heavy (non-hydrogen) atoms. The largest absolute Gasteiger partial charge is 0.377 e. The van der Waals surface area contributed by atoms with Gasteiger partial charge in [-0.2, -0.15) is 0 Å². The number of rotatable bonds is 6. The molecular weight excluding hydrogens is 435 g/mol. The van der Waals surface area contributed by atoms with Crippen LogP contribution in [0, 0.1) is 5.82 Å². The van der Waals surface area contributed by atoms with Gasteiger partial charge < -0.3 is 15.0 Å². The molecule has 1 aliphatic carbocycles. The molecule has 0 bridgehead atoms. The number of Topliss-reactive ketones (excluding diaryl/α,β-unsaturated/α-hetero) is 2. The number of hydrogen-bond donors (Lipinski definition) is 2. The van der Waals surface area contributed by atoms with Crippen LogP contribution in [0.2, 0.25) is 0 Å². The number of carbonyl (C=O) groups is 3. The van der Waals surface area contributed by atoms with Crippen molar-refractivity contribution in [1.82, 2.24) is 4.98 Å². The number of nitrogens with one attached hydrogen (secondary N) is 2. The fourth-order valence-corrected chi connectivity index (χ4v) is 4.72. The third kappa shape index (κ3) is 3.99. The molecule has 7 heteroatoms. The van der Waals surface area contributed by atoms with E-state index in [1.165, 1.54) is 19.2 Å². The van der Waals surface area contributed by atoms with Gasteiger partial charge in [0.1, 0.15) is 12.4 Å². The van der Waals surface area contributed by atoms with Crippen molar-refractivity contribution in [3.63, 3.8) is 0 Å². The van der Waals surface area contributed by atoms with Gasteiger partial charge in [0.25, 0.3) is 5.91 Å². The summed E-state index contributed by atoms with van der Waals surface area (Å²) in [6.45, 7) is 0.0278. The number of hydrogen-bond acceptors (Lipinski definition) is 4. The van der Waals surface area contributed by atoms with E-state index in [1.54, 1.807) is 24.3 Å². The summed E-state index contributed by atoms with van der Waals surface area (Å²) in [5, 5.41) is 2.86. The summed E-state index contributed by atoms with van der Waals surface area (Å²) in [6.07, 6.45) is 3.89. The molecule has 1 aromatic heterocycles. The average Bonchev–Trinajstić information content (AvgIpc) is 3.33. The Labute approximate surface area is 195 Å². The molecule has 0 saturated carbocycles. The molecule has 2 N–H and O–H groups in total. The van der Waals surface area contributed by atoms with Gasteiger partial charge in [0, 0.05) is 53.7 Å². The lowest BCUT2D eigenvalue weighted by Crippen LogP contribution is -2.10. The number of ketones is 2. The molecule has 0 unspecified atom stereocenters. The average molecular weight is 458 g/mol. The minimum atomic E-state index is -0.362. The van der Waals surface area contributed by atoms with Crippen molar-refractivity contribution in [3.05, 3.63) is 76.4 Å². The topological polar surface area (TPSA) is 88.3 Å². The van der Waals surface area contributed by atoms with Crippen LogP contribution in [0.4, 0.5) is 10.1 Å². The van der Waals surface area contributed by atoms with Crippen LogP contribution in [-0.2, 0) is 27.2 Å². The number of benzene rings is 2. The fraction of sp³-hybridized carbons (Fsp3) is 0.222. The lowest BCUT2D eigenvalue weighted by molar-refractivity contribution is -0.122. The van der Waals surface area contributed by atoms with Crippen LogP contribution in [0.15, 0.2) is 42.5 Å². The van der Waals surface area contributed by atoms with Gasteiger partial charge in [-0.25, -0.2) is 4.39 Å². The molecule has 1 aliphatic heterocycles. The first-order valence-electron chi connectivity index (χ1n) is 11.2. The second-order valence-corrected chi connectivity index (χ2v) is 8.59. The van der Waals surface area contributed by atoms with E-state index in [2.05, 4.69) is 10.3 Å². The Morgan fingerprint density at radius 2 is 1.88 bits per heavy atom. The SMILES string of the molecule is COCC(=O)Cc1ccc2c(c1)/C(=C/c1[nH]c3c(c1-c1ccc(F)cc1)C(=O)CCC3)C(=O)N2. The molecule has 172 valence electrons. The third-order valence-corrected chi connectivity index (χ3v) is 6.21. The monoisotopic (exact) mass is 458 g/mol. The second kappa shape index (κ2) is 8.83. The number of aryl methyl sites for hydroxylation is 1. The van der Waals surface area contributed by atoms with E-state index in [9.17, 15) is 18.8 Å². The van der Waals surface area contributed by atoms with E-state index in [4.69, 9.17) is 4.74 Å². The standard InChI is InChI=1S/C27H23FN2O4/c1-34-14-18(31)11-15-5-10-21-19(12-15)20(27(33)30-21)13-23-25(16-6-8-17(28)9-7-16)26-22(29-23)3-2-4-24(26)32/h5-10,12-13,29H,2-4,11,14H2,1H3,(H,30,33)/b20-13-. The first kappa shape index (κ1) is 22.0. The summed E-state index contributed by atoms with van der Waals surface area (Å²) in [7, 11) is 1.48. The van der Waals surface area contributed by atoms with Crippen LogP contribution < -0.4 is 5.32 Å². The van der Waals surface area contributed by atoms with Gasteiger partial charge in [-0.1, -0.05) is 18.2 Å². The molecule has 2 aliphatic rings. The summed E-state index contributed by atoms with van der Waals surface area (Å²) in [6, 6.07) is 11.4. The number of carbonyl (C=O) groups excluding carboxylic acids is 3. The molecular formula is C27H23FN2O4. The second-order valence-electron chi connectivity index (χ2n) is 8.59. The van der Waals surface area contributed by atoms with Crippen molar-refractivity contribution in [1.29, 1.82) is 0 Å². The predicted octanol–water partition coefficient (Wildman–Crippen LogP) is 4.59. The smallest absolute Gasteiger partial charge is 0.256 e. The van der Waals surface area contributed by atoms with Crippen molar-refractivity contribution in [2.24, 2.45) is 0 Å². The van der Waals surface area contributed by atoms with Crippen molar-refractivity contribution >= 4 is 34.8 Å². The Kier molecular flexibility index (Phi) is 5.71. The molecule has 0 spiro atoms. The van der Waals surface area contributed by atoms with Gasteiger partial charge in [-0.3, -0.25) is 14.4 Å². The molecule has 1 amide bonds. The maximum atomic E-state index is 13.6. The highest BCUT2D eigenvalue weighted by molar-refractivity contribution is 6.35. The normalized spacial score (nSPS) is 15.9. The molecule has 0 saturated heterocycles. The molecule has 6 nitrogen and oxygen atoms in total. The number of anilines is 1. The number of methoxy groups -OCH3 is 1. The Hall–Kier alpha value is -3.84. The molecule has 2 aromatic carbocycles. The van der Waals surface area contributed by atoms with Gasteiger partial charge in [0.2, 0.25) is 0 Å². The van der Waals surface area contributed by atoms with Crippen molar-refractivity contribution in [2.45, 2.75) is 25.7 Å². The molecule has 5 rings (SSSR count). The van der Waals surface area contributed by atoms with Crippen molar-refractivity contribution < 1.29 is 23.5 Å². The zero-order chi connectivity index (χ0) is 23.8. The quantitative estimate of drug-likeness (QED) is 0.529. The summed E-state index contributed by atoms with van der Waals surface area (Å²) in [5.74, 6) is -0.644. The summed E-state index contributed by atoms with van der Waals surface area (Å²) < 4.78 is 18.5. The number of ether oxygens (including phenoxy) is 1. The molecule has 0 radical (unpaired) electrons. The van der Waals surface area contributed by atoms with E-state index >= 15 is 0 Å². The molecule has 0 atom stereocenters. The number of aromatic nitrogens is 1. The van der Waals surface area contributed by atoms with Crippen LogP contribution in [0.1, 0.15) is 45.7 Å². The van der Waals surface area contributed by atoms with E-state index in [-0.39, 0.29) is 36.3 Å². The highest BCUT2D eigenvalue weighted by atomic mass is 19.1. The van der Waals surface area contributed by atoms with E-state index in [0.29, 0.717) is 45.6 Å². The van der Waals surface area contributed by atoms with Crippen LogP contribution in [0.3, 0.4) is 0 Å². The highest BCUT2D eigenvalue weighted by Gasteiger charge is 2.29. The zero-order valence-corrected chi connectivity index (χ0v) is 18.7. The highest BCUT2D eigenvalue weighted by Crippen LogP contribution is 2.39. The maximum absolute atomic E-state index is 13.6. The van der Waals surface area contributed by atoms with Crippen LogP contribution in [0.25, 0.3) is 22.8 Å². The summed E-state index contributed by atoms with van der Waals surface area (Å²) >= 11 is 0. The third-order valence-electron chi connectivity index (χ3n) is 6.21. The van der Waals surface area contributed by atoms with E-state index < -0.39 is 0 Å². The molecule has 0 fully saturated rings. The van der Waals surface area contributed by atoms with Crippen molar-refractivity contribution in [3.8, 4) is 11.1 Å². The number of amides is 1. The lowest BCUT2D eigenvalue weighted by Gasteiger charge is -2.12. The first-order chi connectivity index (χ1) is 16.4. The van der Waals surface area contributed by atoms with Gasteiger partial charge in [0.05, 0.1) is 5.57 Å². The Morgan fingerprint density at radius 1 is 1.09 bits per heavy atom. The Morgan fingerprint density at radius 3 is 2.65 bits per heavy atom. The number of aromatic amines is 1. The van der Waals surface area contributed by atoms with Gasteiger partial charge in [-0.05, 0) is 54.3 Å². The zero-order valence-electron chi connectivity index (χ0n) is 18.7. The van der Waals surface area contributed by atoms with E-state index in [0.717, 1.165) is 24.1 Å². The number of fused-ring (bicyclic) bond motifs is 2. The van der Waals surface area contributed by atoms with E-state index in [1.807, 2.05) is 12.1 Å². The Bertz CT molecular complexity index is 1350. The van der Waals surface area contributed by atoms with Gasteiger partial charge in [-0.15, -0.1) is 0 Å². The fourth-order valence-electron chi connectivity index (χ4n) is 4.72. The van der Waals surface area contributed by atoms with Crippen LogP contribution in [0.5, 0.6) is 0 Å². The van der Waals surface area contributed by atoms with Gasteiger partial charge >= 0.3 is 0 Å².